The minimum Gasteiger partial charge on any atom is -0.464 e. The van der Waals surface area contributed by atoms with Gasteiger partial charge in [0.05, 0.1) is 13.2 Å². The summed E-state index contributed by atoms with van der Waals surface area (Å²) in [6.07, 6.45) is 5.87. The molecule has 0 N–H and O–H groups in total. The van der Waals surface area contributed by atoms with E-state index in [1.807, 2.05) is 0 Å². The Labute approximate surface area is 123 Å². The van der Waals surface area contributed by atoms with Crippen LogP contribution in [0.5, 0.6) is 0 Å². The number of nitrogens with zero attached hydrogens (tertiary/aromatic N) is 1. The number of hydrogen-bond donors (Lipinski definition) is 0. The summed E-state index contributed by atoms with van der Waals surface area (Å²) < 4.78 is 5.39. The quantitative estimate of drug-likeness (QED) is 0.529. The third kappa shape index (κ3) is 3.08. The van der Waals surface area contributed by atoms with Gasteiger partial charge in [-0.1, -0.05) is 39.3 Å². The number of allylic oxidation sites excluding steroid dienone is 1. The van der Waals surface area contributed by atoms with Gasteiger partial charge in [-0.2, -0.15) is 0 Å². The van der Waals surface area contributed by atoms with Crippen molar-refractivity contribution >= 4 is 5.97 Å². The van der Waals surface area contributed by atoms with Crippen molar-refractivity contribution in [2.45, 2.75) is 47.0 Å². The molecule has 20 heavy (non-hydrogen) atoms. The lowest BCUT2D eigenvalue weighted by Gasteiger charge is -2.56. The van der Waals surface area contributed by atoms with E-state index in [0.717, 1.165) is 31.3 Å². The van der Waals surface area contributed by atoms with E-state index in [-0.39, 0.29) is 5.97 Å². The lowest BCUT2D eigenvalue weighted by molar-refractivity contribution is -0.144. The van der Waals surface area contributed by atoms with Gasteiger partial charge in [-0.25, -0.2) is 0 Å². The number of carbonyl (C=O) groups excluding carboxylic acids is 1. The summed E-state index contributed by atoms with van der Waals surface area (Å²) in [6, 6.07) is 0. The molecule has 0 aromatic carbocycles. The van der Waals surface area contributed by atoms with Crippen LogP contribution in [-0.2, 0) is 9.53 Å². The van der Waals surface area contributed by atoms with Crippen molar-refractivity contribution in [3.05, 3.63) is 11.6 Å². The SMILES string of the molecule is CCN(CC)CC(=O)OCCC1=CCC2CC1C2(C)C. The fraction of sp³-hybridized carbons (Fsp3) is 0.824. The highest BCUT2D eigenvalue weighted by Gasteiger charge is 2.50. The van der Waals surface area contributed by atoms with Crippen LogP contribution in [0.4, 0.5) is 0 Å². The Bertz CT molecular complexity index is 382. The Morgan fingerprint density at radius 1 is 1.40 bits per heavy atom. The molecule has 1 saturated carbocycles. The van der Waals surface area contributed by atoms with Gasteiger partial charge in [-0.15, -0.1) is 0 Å². The first-order valence-electron chi connectivity index (χ1n) is 8.05. The summed E-state index contributed by atoms with van der Waals surface area (Å²) in [5.74, 6) is 1.51. The molecule has 0 saturated heterocycles. The van der Waals surface area contributed by atoms with E-state index < -0.39 is 0 Å². The first-order chi connectivity index (χ1) is 9.48. The van der Waals surface area contributed by atoms with E-state index in [1.54, 1.807) is 0 Å². The Morgan fingerprint density at radius 3 is 2.65 bits per heavy atom. The molecule has 2 unspecified atom stereocenters. The van der Waals surface area contributed by atoms with Gasteiger partial charge in [0.15, 0.2) is 0 Å². The molecular formula is C17H29NO2. The third-order valence-corrected chi connectivity index (χ3v) is 5.48. The topological polar surface area (TPSA) is 29.5 Å². The number of fused-ring (bicyclic) bond motifs is 1. The summed E-state index contributed by atoms with van der Waals surface area (Å²) >= 11 is 0. The third-order valence-electron chi connectivity index (χ3n) is 5.48. The summed E-state index contributed by atoms with van der Waals surface area (Å²) in [5, 5.41) is 0. The van der Waals surface area contributed by atoms with E-state index in [4.69, 9.17) is 4.74 Å². The molecule has 3 rings (SSSR count). The van der Waals surface area contributed by atoms with E-state index in [2.05, 4.69) is 38.7 Å². The highest BCUT2D eigenvalue weighted by atomic mass is 16.5. The molecule has 3 heteroatoms. The normalized spacial score (nSPS) is 26.9. The summed E-state index contributed by atoms with van der Waals surface area (Å²) in [4.78, 5) is 13.8. The Hall–Kier alpha value is -0.830. The van der Waals surface area contributed by atoms with Crippen molar-refractivity contribution in [1.82, 2.24) is 4.90 Å². The van der Waals surface area contributed by atoms with E-state index >= 15 is 0 Å². The minimum absolute atomic E-state index is 0.0872. The number of esters is 1. The molecule has 0 aromatic rings. The zero-order valence-corrected chi connectivity index (χ0v) is 13.4. The largest absolute Gasteiger partial charge is 0.464 e. The van der Waals surface area contributed by atoms with E-state index in [0.29, 0.717) is 18.6 Å². The monoisotopic (exact) mass is 279 g/mol. The number of rotatable bonds is 7. The predicted octanol–water partition coefficient (Wildman–Crippen LogP) is 3.25. The van der Waals surface area contributed by atoms with E-state index in [9.17, 15) is 4.79 Å². The highest BCUT2D eigenvalue weighted by Crippen LogP contribution is 2.59. The zero-order valence-electron chi connectivity index (χ0n) is 13.4. The zero-order chi connectivity index (χ0) is 14.8. The Balaban J connectivity index is 1.71. The maximum atomic E-state index is 11.7. The van der Waals surface area contributed by atoms with Crippen LogP contribution in [0.25, 0.3) is 0 Å². The van der Waals surface area contributed by atoms with Gasteiger partial charge in [-0.3, -0.25) is 9.69 Å². The van der Waals surface area contributed by atoms with Crippen LogP contribution in [-0.4, -0.2) is 37.1 Å². The molecule has 1 fully saturated rings. The van der Waals surface area contributed by atoms with Gasteiger partial charge in [0.25, 0.3) is 0 Å². The molecule has 3 nitrogen and oxygen atoms in total. The molecule has 2 bridgehead atoms. The molecule has 0 heterocycles. The van der Waals surface area contributed by atoms with Crippen molar-refractivity contribution in [1.29, 1.82) is 0 Å². The molecule has 3 aliphatic rings. The number of hydrogen-bond acceptors (Lipinski definition) is 3. The molecule has 0 amide bonds. The van der Waals surface area contributed by atoms with Crippen molar-refractivity contribution in [2.75, 3.05) is 26.2 Å². The van der Waals surface area contributed by atoms with Crippen LogP contribution >= 0.6 is 0 Å². The summed E-state index contributed by atoms with van der Waals surface area (Å²) in [7, 11) is 0. The summed E-state index contributed by atoms with van der Waals surface area (Å²) in [5.41, 5.74) is 1.99. The molecule has 0 aromatic heterocycles. The number of carbonyl (C=O) groups is 1. The fourth-order valence-electron chi connectivity index (χ4n) is 3.72. The Kier molecular flexibility index (Phi) is 4.90. The molecule has 0 radical (unpaired) electrons. The molecule has 0 aliphatic heterocycles. The van der Waals surface area contributed by atoms with Crippen molar-refractivity contribution < 1.29 is 9.53 Å². The minimum atomic E-state index is -0.0872. The second-order valence-electron chi connectivity index (χ2n) is 6.75. The van der Waals surface area contributed by atoms with Crippen LogP contribution in [0.3, 0.4) is 0 Å². The first kappa shape index (κ1) is 15.6. The van der Waals surface area contributed by atoms with Gasteiger partial charge < -0.3 is 4.74 Å². The van der Waals surface area contributed by atoms with Crippen LogP contribution in [0.1, 0.15) is 47.0 Å². The molecule has 3 aliphatic carbocycles. The second kappa shape index (κ2) is 6.30. The highest BCUT2D eigenvalue weighted by molar-refractivity contribution is 5.71. The molecule has 2 atom stereocenters. The smallest absolute Gasteiger partial charge is 0.320 e. The van der Waals surface area contributed by atoms with Crippen LogP contribution < -0.4 is 0 Å². The van der Waals surface area contributed by atoms with Crippen LogP contribution in [0, 0.1) is 17.3 Å². The van der Waals surface area contributed by atoms with Gasteiger partial charge >= 0.3 is 5.97 Å². The first-order valence-corrected chi connectivity index (χ1v) is 8.05. The second-order valence-corrected chi connectivity index (χ2v) is 6.75. The van der Waals surface area contributed by atoms with Crippen molar-refractivity contribution in [3.8, 4) is 0 Å². The predicted molar refractivity (Wildman–Crippen MR) is 81.4 cm³/mol. The van der Waals surface area contributed by atoms with E-state index in [1.165, 1.54) is 18.4 Å². The molecule has 0 spiro atoms. The van der Waals surface area contributed by atoms with Crippen molar-refractivity contribution in [2.24, 2.45) is 17.3 Å². The average Bonchev–Trinajstić information content (AvgIpc) is 2.44. The maximum absolute atomic E-state index is 11.7. The standard InChI is InChI=1S/C17H29NO2/c1-5-18(6-2)12-16(19)20-10-9-13-7-8-14-11-15(13)17(14,3)4/h7,14-15H,5-6,8-12H2,1-4H3. The van der Waals surface area contributed by atoms with Crippen LogP contribution in [0.15, 0.2) is 11.6 Å². The molecule has 114 valence electrons. The Morgan fingerprint density at radius 2 is 2.10 bits per heavy atom. The molecular weight excluding hydrogens is 250 g/mol. The lowest BCUT2D eigenvalue weighted by Crippen LogP contribution is -2.48. The van der Waals surface area contributed by atoms with Gasteiger partial charge in [0, 0.05) is 6.42 Å². The summed E-state index contributed by atoms with van der Waals surface area (Å²) in [6.45, 7) is 11.7. The number of ether oxygens (including phenoxy) is 1. The van der Waals surface area contributed by atoms with Crippen molar-refractivity contribution in [3.63, 3.8) is 0 Å². The fourth-order valence-corrected chi connectivity index (χ4v) is 3.72. The lowest BCUT2D eigenvalue weighted by atomic mass is 9.48. The van der Waals surface area contributed by atoms with Gasteiger partial charge in [0.1, 0.15) is 0 Å². The average molecular weight is 279 g/mol. The maximum Gasteiger partial charge on any atom is 0.320 e. The number of likely N-dealkylation sites (N-methyl/N-ethyl adjacent to an activating group) is 1. The van der Waals surface area contributed by atoms with Gasteiger partial charge in [0.2, 0.25) is 0 Å². The van der Waals surface area contributed by atoms with Crippen LogP contribution in [0.2, 0.25) is 0 Å². The van der Waals surface area contributed by atoms with Gasteiger partial charge in [-0.05, 0) is 43.2 Å².